The van der Waals surface area contributed by atoms with E-state index in [-0.39, 0.29) is 11.9 Å². The van der Waals surface area contributed by atoms with E-state index in [1.807, 2.05) is 0 Å². The first-order valence-electron chi connectivity index (χ1n) is 7.18. The molecule has 0 spiro atoms. The number of piperidine rings is 1. The van der Waals surface area contributed by atoms with Crippen molar-refractivity contribution in [1.82, 2.24) is 5.32 Å². The van der Waals surface area contributed by atoms with Gasteiger partial charge in [0.15, 0.2) is 0 Å². The van der Waals surface area contributed by atoms with Crippen molar-refractivity contribution >= 4 is 5.97 Å². The molecule has 0 aliphatic carbocycles. The van der Waals surface area contributed by atoms with Crippen molar-refractivity contribution in [2.24, 2.45) is 5.92 Å². The van der Waals surface area contributed by atoms with Gasteiger partial charge in [0, 0.05) is 0 Å². The van der Waals surface area contributed by atoms with Gasteiger partial charge in [-0.1, -0.05) is 29.8 Å². The molecule has 3 nitrogen and oxygen atoms in total. The van der Waals surface area contributed by atoms with Crippen LogP contribution in [0, 0.1) is 12.8 Å². The van der Waals surface area contributed by atoms with E-state index in [2.05, 4.69) is 36.5 Å². The third kappa shape index (κ3) is 4.67. The Morgan fingerprint density at radius 2 is 1.95 bits per heavy atom. The summed E-state index contributed by atoms with van der Waals surface area (Å²) < 4.78 is 5.36. The van der Waals surface area contributed by atoms with Gasteiger partial charge in [-0.25, -0.2) is 0 Å². The number of nitrogens with one attached hydrogen (secondary N) is 1. The maximum absolute atomic E-state index is 11.8. The topological polar surface area (TPSA) is 38.3 Å². The normalized spacial score (nSPS) is 16.3. The fourth-order valence-electron chi connectivity index (χ4n) is 2.38. The van der Waals surface area contributed by atoms with E-state index in [1.165, 1.54) is 11.1 Å². The number of carbonyl (C=O) groups excluding carboxylic acids is 1. The van der Waals surface area contributed by atoms with Crippen molar-refractivity contribution in [2.75, 3.05) is 19.7 Å². The van der Waals surface area contributed by atoms with Crippen LogP contribution in [0.15, 0.2) is 24.3 Å². The second-order valence-corrected chi connectivity index (χ2v) is 5.28. The van der Waals surface area contributed by atoms with Gasteiger partial charge in [0.2, 0.25) is 0 Å². The van der Waals surface area contributed by atoms with Crippen molar-refractivity contribution < 1.29 is 9.53 Å². The molecule has 1 fully saturated rings. The van der Waals surface area contributed by atoms with Crippen LogP contribution in [0.2, 0.25) is 0 Å². The molecular formula is C16H23NO2. The largest absolute Gasteiger partial charge is 0.465 e. The summed E-state index contributed by atoms with van der Waals surface area (Å²) in [6, 6.07) is 8.53. The summed E-state index contributed by atoms with van der Waals surface area (Å²) >= 11 is 0. The lowest BCUT2D eigenvalue weighted by Gasteiger charge is -2.20. The Morgan fingerprint density at radius 1 is 1.26 bits per heavy atom. The van der Waals surface area contributed by atoms with Crippen molar-refractivity contribution in [3.05, 3.63) is 35.4 Å². The molecule has 1 aliphatic heterocycles. The van der Waals surface area contributed by atoms with Crippen LogP contribution in [0.25, 0.3) is 0 Å². The Labute approximate surface area is 115 Å². The van der Waals surface area contributed by atoms with Crippen LogP contribution in [-0.4, -0.2) is 25.7 Å². The molecule has 1 aromatic carbocycles. The maximum atomic E-state index is 11.8. The minimum atomic E-state index is -0.00888. The maximum Gasteiger partial charge on any atom is 0.309 e. The van der Waals surface area contributed by atoms with E-state index >= 15 is 0 Å². The van der Waals surface area contributed by atoms with Gasteiger partial charge in [-0.3, -0.25) is 4.79 Å². The van der Waals surface area contributed by atoms with E-state index in [0.717, 1.165) is 38.8 Å². The number of esters is 1. The molecular weight excluding hydrogens is 238 g/mol. The number of rotatable bonds is 5. The Morgan fingerprint density at radius 3 is 2.63 bits per heavy atom. The van der Waals surface area contributed by atoms with Crippen LogP contribution in [0.4, 0.5) is 0 Å². The standard InChI is InChI=1S/C16H23NO2/c1-13-4-6-14(7-5-13)3-2-12-19-16(18)15-8-10-17-11-9-15/h4-7,15,17H,2-3,8-12H2,1H3. The molecule has 1 N–H and O–H groups in total. The van der Waals surface area contributed by atoms with E-state index < -0.39 is 0 Å². The zero-order valence-corrected chi connectivity index (χ0v) is 11.7. The summed E-state index contributed by atoms with van der Waals surface area (Å²) in [4.78, 5) is 11.8. The van der Waals surface area contributed by atoms with Crippen LogP contribution in [0.5, 0.6) is 0 Å². The monoisotopic (exact) mass is 261 g/mol. The molecule has 0 radical (unpaired) electrons. The fourth-order valence-corrected chi connectivity index (χ4v) is 2.38. The average molecular weight is 261 g/mol. The minimum Gasteiger partial charge on any atom is -0.465 e. The van der Waals surface area contributed by atoms with Gasteiger partial charge >= 0.3 is 5.97 Å². The first-order valence-corrected chi connectivity index (χ1v) is 7.18. The molecule has 1 aliphatic rings. The van der Waals surface area contributed by atoms with Crippen molar-refractivity contribution in [1.29, 1.82) is 0 Å². The van der Waals surface area contributed by atoms with Gasteiger partial charge in [0.05, 0.1) is 12.5 Å². The van der Waals surface area contributed by atoms with Crippen LogP contribution < -0.4 is 5.32 Å². The quantitative estimate of drug-likeness (QED) is 0.653. The van der Waals surface area contributed by atoms with E-state index in [0.29, 0.717) is 6.61 Å². The van der Waals surface area contributed by atoms with Crippen LogP contribution in [0.1, 0.15) is 30.4 Å². The zero-order chi connectivity index (χ0) is 13.5. The molecule has 104 valence electrons. The number of carbonyl (C=O) groups is 1. The summed E-state index contributed by atoms with van der Waals surface area (Å²) in [7, 11) is 0. The molecule has 0 unspecified atom stereocenters. The molecule has 1 heterocycles. The lowest BCUT2D eigenvalue weighted by Crippen LogP contribution is -2.32. The van der Waals surface area contributed by atoms with Gasteiger partial charge in [-0.15, -0.1) is 0 Å². The number of hydrogen-bond acceptors (Lipinski definition) is 3. The lowest BCUT2D eigenvalue weighted by molar-refractivity contribution is -0.149. The highest BCUT2D eigenvalue weighted by molar-refractivity contribution is 5.72. The zero-order valence-electron chi connectivity index (χ0n) is 11.7. The highest BCUT2D eigenvalue weighted by atomic mass is 16.5. The van der Waals surface area contributed by atoms with Crippen LogP contribution >= 0.6 is 0 Å². The van der Waals surface area contributed by atoms with E-state index in [9.17, 15) is 4.79 Å². The average Bonchev–Trinajstić information content (AvgIpc) is 2.46. The second-order valence-electron chi connectivity index (χ2n) is 5.28. The first kappa shape index (κ1) is 14.1. The Kier molecular flexibility index (Phi) is 5.40. The van der Waals surface area contributed by atoms with Gasteiger partial charge < -0.3 is 10.1 Å². The van der Waals surface area contributed by atoms with Gasteiger partial charge in [0.25, 0.3) is 0 Å². The summed E-state index contributed by atoms with van der Waals surface area (Å²) in [6.07, 6.45) is 3.70. The minimum absolute atomic E-state index is 0.00888. The summed E-state index contributed by atoms with van der Waals surface area (Å²) in [5.74, 6) is 0.103. The second kappa shape index (κ2) is 7.29. The molecule has 0 atom stereocenters. The van der Waals surface area contributed by atoms with E-state index in [4.69, 9.17) is 4.74 Å². The SMILES string of the molecule is Cc1ccc(CCCOC(=O)C2CCNCC2)cc1. The summed E-state index contributed by atoms with van der Waals surface area (Å²) in [6.45, 7) is 4.49. The molecule has 2 rings (SSSR count). The Balaban J connectivity index is 1.63. The smallest absolute Gasteiger partial charge is 0.309 e. The van der Waals surface area contributed by atoms with Gasteiger partial charge in [-0.2, -0.15) is 0 Å². The molecule has 0 saturated carbocycles. The van der Waals surface area contributed by atoms with Crippen molar-refractivity contribution in [3.63, 3.8) is 0 Å². The molecule has 0 bridgehead atoms. The Hall–Kier alpha value is -1.35. The molecule has 0 amide bonds. The number of hydrogen-bond donors (Lipinski definition) is 1. The molecule has 3 heteroatoms. The predicted molar refractivity (Wildman–Crippen MR) is 76.1 cm³/mol. The highest BCUT2D eigenvalue weighted by Crippen LogP contribution is 2.13. The molecule has 1 saturated heterocycles. The highest BCUT2D eigenvalue weighted by Gasteiger charge is 2.21. The van der Waals surface area contributed by atoms with Crippen LogP contribution in [0.3, 0.4) is 0 Å². The number of benzene rings is 1. The Bertz CT molecular complexity index is 394. The third-order valence-corrected chi connectivity index (χ3v) is 3.65. The van der Waals surface area contributed by atoms with Gasteiger partial charge in [-0.05, 0) is 51.3 Å². The molecule has 0 aromatic heterocycles. The molecule has 19 heavy (non-hydrogen) atoms. The number of ether oxygens (including phenoxy) is 1. The predicted octanol–water partition coefficient (Wildman–Crippen LogP) is 2.47. The number of aryl methyl sites for hydroxylation is 2. The summed E-state index contributed by atoms with van der Waals surface area (Å²) in [5, 5.41) is 3.26. The summed E-state index contributed by atoms with van der Waals surface area (Å²) in [5.41, 5.74) is 2.59. The van der Waals surface area contributed by atoms with E-state index in [1.54, 1.807) is 0 Å². The van der Waals surface area contributed by atoms with Gasteiger partial charge in [0.1, 0.15) is 0 Å². The van der Waals surface area contributed by atoms with Crippen molar-refractivity contribution in [3.8, 4) is 0 Å². The molecule has 1 aromatic rings. The van der Waals surface area contributed by atoms with Crippen LogP contribution in [-0.2, 0) is 16.0 Å². The lowest BCUT2D eigenvalue weighted by atomic mass is 9.98. The van der Waals surface area contributed by atoms with Crippen molar-refractivity contribution in [2.45, 2.75) is 32.6 Å². The first-order chi connectivity index (χ1) is 9.25. The third-order valence-electron chi connectivity index (χ3n) is 3.65. The fraction of sp³-hybridized carbons (Fsp3) is 0.562.